The summed E-state index contributed by atoms with van der Waals surface area (Å²) in [4.78, 5) is 4.23. The maximum absolute atomic E-state index is 5.63. The molecule has 0 amide bonds. The van der Waals surface area contributed by atoms with Crippen LogP contribution in [0.2, 0.25) is 0 Å². The lowest BCUT2D eigenvalue weighted by atomic mass is 10.3. The third kappa shape index (κ3) is 3.04. The van der Waals surface area contributed by atoms with Crippen LogP contribution in [0.15, 0.2) is 10.6 Å². The van der Waals surface area contributed by atoms with Crippen LogP contribution in [0.3, 0.4) is 0 Å². The first-order valence-corrected chi connectivity index (χ1v) is 5.68. The van der Waals surface area contributed by atoms with Crippen molar-refractivity contribution in [3.8, 4) is 0 Å². The Kier molecular flexibility index (Phi) is 4.33. The summed E-state index contributed by atoms with van der Waals surface area (Å²) in [7, 11) is 1.94. The molecule has 90 valence electrons. The van der Waals surface area contributed by atoms with Crippen molar-refractivity contribution in [1.82, 2.24) is 10.3 Å². The zero-order valence-electron chi connectivity index (χ0n) is 9.57. The SMILES string of the molecule is CNCCCc1ncc(C2COCCO2)o1. The van der Waals surface area contributed by atoms with Gasteiger partial charge in [0.1, 0.15) is 6.10 Å². The van der Waals surface area contributed by atoms with Crippen LogP contribution in [-0.2, 0) is 15.9 Å². The van der Waals surface area contributed by atoms with Crippen LogP contribution >= 0.6 is 0 Å². The molecule has 0 radical (unpaired) electrons. The maximum Gasteiger partial charge on any atom is 0.194 e. The number of aromatic nitrogens is 1. The second kappa shape index (κ2) is 5.98. The minimum atomic E-state index is -0.0840. The van der Waals surface area contributed by atoms with Gasteiger partial charge in [-0.3, -0.25) is 0 Å². The molecule has 0 saturated carbocycles. The number of oxazole rings is 1. The van der Waals surface area contributed by atoms with Crippen molar-refractivity contribution in [3.63, 3.8) is 0 Å². The molecule has 2 rings (SSSR count). The van der Waals surface area contributed by atoms with Crippen LogP contribution in [0.25, 0.3) is 0 Å². The molecule has 0 aromatic carbocycles. The summed E-state index contributed by atoms with van der Waals surface area (Å²) in [6.07, 6.45) is 3.54. The lowest BCUT2D eigenvalue weighted by Gasteiger charge is -2.20. The molecule has 1 aromatic heterocycles. The maximum atomic E-state index is 5.63. The van der Waals surface area contributed by atoms with Crippen molar-refractivity contribution in [2.45, 2.75) is 18.9 Å². The highest BCUT2D eigenvalue weighted by Crippen LogP contribution is 2.21. The number of nitrogens with one attached hydrogen (secondary N) is 1. The number of aryl methyl sites for hydroxylation is 1. The minimum absolute atomic E-state index is 0.0840. The Labute approximate surface area is 95.1 Å². The van der Waals surface area contributed by atoms with Gasteiger partial charge in [-0.15, -0.1) is 0 Å². The molecule has 1 unspecified atom stereocenters. The van der Waals surface area contributed by atoms with E-state index in [0.29, 0.717) is 19.8 Å². The standard InChI is InChI=1S/C11H18N2O3/c1-12-4-2-3-11-13-7-9(16-11)10-8-14-5-6-15-10/h7,10,12H,2-6,8H2,1H3. The van der Waals surface area contributed by atoms with Crippen LogP contribution in [0, 0.1) is 0 Å². The summed E-state index contributed by atoms with van der Waals surface area (Å²) in [5, 5.41) is 3.09. The van der Waals surface area contributed by atoms with Gasteiger partial charge in [-0.25, -0.2) is 4.98 Å². The first kappa shape index (κ1) is 11.6. The first-order chi connectivity index (χ1) is 7.90. The van der Waals surface area contributed by atoms with Gasteiger partial charge in [0.2, 0.25) is 0 Å². The van der Waals surface area contributed by atoms with Crippen molar-refractivity contribution in [2.24, 2.45) is 0 Å². The van der Waals surface area contributed by atoms with Gasteiger partial charge in [0.15, 0.2) is 11.7 Å². The van der Waals surface area contributed by atoms with Crippen LogP contribution in [0.4, 0.5) is 0 Å². The molecule has 1 aliphatic heterocycles. The van der Waals surface area contributed by atoms with E-state index in [9.17, 15) is 0 Å². The van der Waals surface area contributed by atoms with Crippen molar-refractivity contribution < 1.29 is 13.9 Å². The van der Waals surface area contributed by atoms with Gasteiger partial charge in [0, 0.05) is 6.42 Å². The number of nitrogens with zero attached hydrogens (tertiary/aromatic N) is 1. The molecule has 1 N–H and O–H groups in total. The molecule has 0 aliphatic carbocycles. The van der Waals surface area contributed by atoms with E-state index in [1.54, 1.807) is 6.20 Å². The third-order valence-electron chi connectivity index (χ3n) is 2.52. The third-order valence-corrected chi connectivity index (χ3v) is 2.52. The number of ether oxygens (including phenoxy) is 2. The van der Waals surface area contributed by atoms with Crippen molar-refractivity contribution in [1.29, 1.82) is 0 Å². The Morgan fingerprint density at radius 1 is 1.50 bits per heavy atom. The Bertz CT molecular complexity index is 308. The molecule has 5 heteroatoms. The predicted octanol–water partition coefficient (Wildman–Crippen LogP) is 0.914. The average Bonchev–Trinajstić information content (AvgIpc) is 2.79. The van der Waals surface area contributed by atoms with Crippen LogP contribution in [-0.4, -0.2) is 38.4 Å². The molecule has 16 heavy (non-hydrogen) atoms. The summed E-state index contributed by atoms with van der Waals surface area (Å²) in [6, 6.07) is 0. The highest BCUT2D eigenvalue weighted by atomic mass is 16.6. The number of hydrogen-bond donors (Lipinski definition) is 1. The van der Waals surface area contributed by atoms with Crippen molar-refractivity contribution in [3.05, 3.63) is 17.8 Å². The summed E-state index contributed by atoms with van der Waals surface area (Å²) in [5.74, 6) is 1.55. The lowest BCUT2D eigenvalue weighted by Crippen LogP contribution is -2.21. The molecule has 1 fully saturated rings. The van der Waals surface area contributed by atoms with Crippen LogP contribution in [0.1, 0.15) is 24.2 Å². The van der Waals surface area contributed by atoms with E-state index in [2.05, 4.69) is 10.3 Å². The number of rotatable bonds is 5. The molecular weight excluding hydrogens is 208 g/mol. The van der Waals surface area contributed by atoms with Gasteiger partial charge in [-0.05, 0) is 20.0 Å². The smallest absolute Gasteiger partial charge is 0.194 e. The zero-order chi connectivity index (χ0) is 11.2. The lowest BCUT2D eigenvalue weighted by molar-refractivity contribution is -0.0978. The fourth-order valence-electron chi connectivity index (χ4n) is 1.66. The summed E-state index contributed by atoms with van der Waals surface area (Å²) >= 11 is 0. The van der Waals surface area contributed by atoms with E-state index in [0.717, 1.165) is 31.0 Å². The summed E-state index contributed by atoms with van der Waals surface area (Å²) < 4.78 is 16.5. The Hall–Kier alpha value is -0.910. The number of hydrogen-bond acceptors (Lipinski definition) is 5. The highest BCUT2D eigenvalue weighted by molar-refractivity contribution is 4.99. The average molecular weight is 226 g/mol. The molecule has 1 saturated heterocycles. The molecule has 1 atom stereocenters. The van der Waals surface area contributed by atoms with E-state index in [-0.39, 0.29) is 6.10 Å². The molecule has 2 heterocycles. The Morgan fingerprint density at radius 2 is 2.44 bits per heavy atom. The van der Waals surface area contributed by atoms with Gasteiger partial charge in [0.05, 0.1) is 26.0 Å². The van der Waals surface area contributed by atoms with Crippen LogP contribution in [0.5, 0.6) is 0 Å². The topological polar surface area (TPSA) is 56.5 Å². The molecular formula is C11H18N2O3. The predicted molar refractivity (Wildman–Crippen MR) is 58.3 cm³/mol. The fourth-order valence-corrected chi connectivity index (χ4v) is 1.66. The van der Waals surface area contributed by atoms with Gasteiger partial charge >= 0.3 is 0 Å². The van der Waals surface area contributed by atoms with E-state index in [1.165, 1.54) is 0 Å². The highest BCUT2D eigenvalue weighted by Gasteiger charge is 2.20. The van der Waals surface area contributed by atoms with Crippen molar-refractivity contribution >= 4 is 0 Å². The molecule has 1 aliphatic rings. The van der Waals surface area contributed by atoms with Gasteiger partial charge in [0.25, 0.3) is 0 Å². The second-order valence-electron chi connectivity index (χ2n) is 3.80. The Balaban J connectivity index is 1.85. The molecule has 0 spiro atoms. The van der Waals surface area contributed by atoms with Gasteiger partial charge < -0.3 is 19.2 Å². The van der Waals surface area contributed by atoms with E-state index in [4.69, 9.17) is 13.9 Å². The quantitative estimate of drug-likeness (QED) is 0.756. The molecule has 5 nitrogen and oxygen atoms in total. The van der Waals surface area contributed by atoms with E-state index in [1.807, 2.05) is 7.05 Å². The van der Waals surface area contributed by atoms with E-state index >= 15 is 0 Å². The second-order valence-corrected chi connectivity index (χ2v) is 3.80. The van der Waals surface area contributed by atoms with Crippen LogP contribution < -0.4 is 5.32 Å². The summed E-state index contributed by atoms with van der Waals surface area (Å²) in [5.41, 5.74) is 0. The monoisotopic (exact) mass is 226 g/mol. The normalized spacial score (nSPS) is 21.2. The zero-order valence-corrected chi connectivity index (χ0v) is 9.57. The van der Waals surface area contributed by atoms with Crippen molar-refractivity contribution in [2.75, 3.05) is 33.4 Å². The largest absolute Gasteiger partial charge is 0.443 e. The van der Waals surface area contributed by atoms with Gasteiger partial charge in [-0.2, -0.15) is 0 Å². The van der Waals surface area contributed by atoms with Gasteiger partial charge in [-0.1, -0.05) is 0 Å². The van der Waals surface area contributed by atoms with E-state index < -0.39 is 0 Å². The fraction of sp³-hybridized carbons (Fsp3) is 0.727. The summed E-state index contributed by atoms with van der Waals surface area (Å²) in [6.45, 7) is 2.83. The molecule has 1 aromatic rings. The first-order valence-electron chi connectivity index (χ1n) is 5.68. The Morgan fingerprint density at radius 3 is 3.19 bits per heavy atom. The molecule has 0 bridgehead atoms. The minimum Gasteiger partial charge on any atom is -0.443 e.